The molecule has 0 aromatic heterocycles. The van der Waals surface area contributed by atoms with Gasteiger partial charge in [0.1, 0.15) is 0 Å². The first-order valence-electron chi connectivity index (χ1n) is 6.50. The van der Waals surface area contributed by atoms with Crippen LogP contribution in [0.5, 0.6) is 0 Å². The molecule has 0 radical (unpaired) electrons. The fourth-order valence-electron chi connectivity index (χ4n) is 2.31. The van der Waals surface area contributed by atoms with Crippen molar-refractivity contribution in [2.24, 2.45) is 5.92 Å². The van der Waals surface area contributed by atoms with Crippen molar-refractivity contribution in [2.75, 3.05) is 13.1 Å². The van der Waals surface area contributed by atoms with E-state index in [2.05, 4.69) is 6.92 Å². The van der Waals surface area contributed by atoms with Crippen LogP contribution >= 0.6 is 0 Å². The van der Waals surface area contributed by atoms with Gasteiger partial charge < -0.3 is 4.90 Å². The molecule has 1 heterocycles. The molecular weight excluding hydrogens is 226 g/mol. The Bertz CT molecular complexity index is 450. The van der Waals surface area contributed by atoms with Gasteiger partial charge in [0.2, 0.25) is 5.91 Å². The number of carbonyl (C=O) groups excluding carboxylic acids is 2. The quantitative estimate of drug-likeness (QED) is 0.763. The highest BCUT2D eigenvalue weighted by Crippen LogP contribution is 2.17. The lowest BCUT2D eigenvalue weighted by Crippen LogP contribution is -2.31. The molecule has 96 valence electrons. The fourth-order valence-corrected chi connectivity index (χ4v) is 2.31. The first-order chi connectivity index (χ1) is 8.60. The first-order valence-corrected chi connectivity index (χ1v) is 6.50. The number of Topliss-reactive ketones (excluding diaryl/α,β-unsaturated/α-hetero) is 1. The third-order valence-corrected chi connectivity index (χ3v) is 3.43. The summed E-state index contributed by atoms with van der Waals surface area (Å²) in [6, 6.07) is 7.65. The number of ketones is 1. The summed E-state index contributed by atoms with van der Waals surface area (Å²) in [4.78, 5) is 25.4. The summed E-state index contributed by atoms with van der Waals surface area (Å²) in [5.41, 5.74) is 1.91. The molecule has 1 saturated heterocycles. The fraction of sp³-hybridized carbons (Fsp3) is 0.467. The number of rotatable bonds is 4. The van der Waals surface area contributed by atoms with Crippen molar-refractivity contribution in [1.29, 1.82) is 0 Å². The van der Waals surface area contributed by atoms with Crippen LogP contribution in [0.4, 0.5) is 0 Å². The van der Waals surface area contributed by atoms with Crippen molar-refractivity contribution in [3.63, 3.8) is 0 Å². The molecule has 0 bridgehead atoms. The topological polar surface area (TPSA) is 37.4 Å². The van der Waals surface area contributed by atoms with Crippen molar-refractivity contribution in [2.45, 2.75) is 26.7 Å². The number of hydrogen-bond donors (Lipinski definition) is 0. The average Bonchev–Trinajstić information content (AvgIpc) is 2.68. The van der Waals surface area contributed by atoms with E-state index in [1.54, 1.807) is 4.90 Å². The van der Waals surface area contributed by atoms with Gasteiger partial charge in [-0.25, -0.2) is 0 Å². The van der Waals surface area contributed by atoms with Crippen LogP contribution in [0.25, 0.3) is 0 Å². The molecule has 0 saturated carbocycles. The predicted octanol–water partition coefficient (Wildman–Crippen LogP) is 2.30. The Morgan fingerprint density at radius 2 is 2.00 bits per heavy atom. The molecule has 0 aliphatic carbocycles. The molecule has 1 atom stereocenters. The lowest BCUT2D eigenvalue weighted by atomic mass is 10.1. The van der Waals surface area contributed by atoms with Gasteiger partial charge in [0.25, 0.3) is 0 Å². The van der Waals surface area contributed by atoms with Crippen LogP contribution in [-0.4, -0.2) is 29.7 Å². The molecule has 1 unspecified atom stereocenters. The van der Waals surface area contributed by atoms with Crippen molar-refractivity contribution < 1.29 is 9.59 Å². The second kappa shape index (κ2) is 5.34. The van der Waals surface area contributed by atoms with Crippen molar-refractivity contribution in [3.8, 4) is 0 Å². The molecule has 1 aromatic carbocycles. The van der Waals surface area contributed by atoms with Crippen LogP contribution in [-0.2, 0) is 11.2 Å². The van der Waals surface area contributed by atoms with Crippen LogP contribution in [0, 0.1) is 5.92 Å². The molecule has 3 nitrogen and oxygen atoms in total. The van der Waals surface area contributed by atoms with E-state index in [4.69, 9.17) is 0 Å². The van der Waals surface area contributed by atoms with Crippen LogP contribution in [0.15, 0.2) is 24.3 Å². The lowest BCUT2D eigenvalue weighted by molar-refractivity contribution is -0.127. The maximum absolute atomic E-state index is 12.1. The highest BCUT2D eigenvalue weighted by atomic mass is 16.2. The molecule has 18 heavy (non-hydrogen) atoms. The third kappa shape index (κ3) is 2.78. The highest BCUT2D eigenvalue weighted by molar-refractivity contribution is 5.99. The number of carbonyl (C=O) groups is 2. The van der Waals surface area contributed by atoms with E-state index in [-0.39, 0.29) is 18.2 Å². The van der Waals surface area contributed by atoms with Gasteiger partial charge in [-0.3, -0.25) is 9.59 Å². The summed E-state index contributed by atoms with van der Waals surface area (Å²) in [6.07, 6.45) is 1.54. The van der Waals surface area contributed by atoms with Crippen LogP contribution in [0.3, 0.4) is 0 Å². The van der Waals surface area contributed by atoms with Crippen molar-refractivity contribution in [3.05, 3.63) is 35.4 Å². The highest BCUT2D eigenvalue weighted by Gasteiger charge is 2.27. The van der Waals surface area contributed by atoms with Gasteiger partial charge in [0.15, 0.2) is 5.78 Å². The minimum Gasteiger partial charge on any atom is -0.335 e. The zero-order valence-corrected chi connectivity index (χ0v) is 11.0. The maximum Gasteiger partial charge on any atom is 0.223 e. The monoisotopic (exact) mass is 245 g/mol. The smallest absolute Gasteiger partial charge is 0.223 e. The molecule has 0 N–H and O–H groups in total. The Labute approximate surface area is 108 Å². The van der Waals surface area contributed by atoms with E-state index >= 15 is 0 Å². The van der Waals surface area contributed by atoms with Gasteiger partial charge >= 0.3 is 0 Å². The van der Waals surface area contributed by atoms with Crippen LogP contribution in [0.1, 0.15) is 36.2 Å². The minimum atomic E-state index is 0.0279. The SMILES string of the molecule is CCc1ccc(C(=O)CN2CC(C)CC2=O)cc1. The summed E-state index contributed by atoms with van der Waals surface area (Å²) in [5.74, 6) is 0.494. The number of hydrogen-bond acceptors (Lipinski definition) is 2. The largest absolute Gasteiger partial charge is 0.335 e. The molecule has 0 spiro atoms. The number of amides is 1. The molecule has 1 amide bonds. The summed E-state index contributed by atoms with van der Waals surface area (Å²) in [6.45, 7) is 5.05. The summed E-state index contributed by atoms with van der Waals surface area (Å²) in [5, 5.41) is 0. The maximum atomic E-state index is 12.1. The van der Waals surface area contributed by atoms with E-state index in [1.807, 2.05) is 31.2 Å². The van der Waals surface area contributed by atoms with Gasteiger partial charge in [0, 0.05) is 18.5 Å². The number of likely N-dealkylation sites (tertiary alicyclic amines) is 1. The third-order valence-electron chi connectivity index (χ3n) is 3.43. The van der Waals surface area contributed by atoms with Gasteiger partial charge in [0.05, 0.1) is 6.54 Å². The zero-order chi connectivity index (χ0) is 13.1. The minimum absolute atomic E-state index is 0.0279. The van der Waals surface area contributed by atoms with Gasteiger partial charge in [-0.05, 0) is 17.9 Å². The van der Waals surface area contributed by atoms with Crippen LogP contribution in [0.2, 0.25) is 0 Å². The lowest BCUT2D eigenvalue weighted by Gasteiger charge is -2.15. The summed E-state index contributed by atoms with van der Waals surface area (Å²) < 4.78 is 0. The van der Waals surface area contributed by atoms with Gasteiger partial charge in [-0.15, -0.1) is 0 Å². The molecule has 1 aliphatic rings. The Hall–Kier alpha value is -1.64. The zero-order valence-electron chi connectivity index (χ0n) is 11.0. The summed E-state index contributed by atoms with van der Waals surface area (Å²) >= 11 is 0. The Morgan fingerprint density at radius 3 is 2.50 bits per heavy atom. The molecule has 2 rings (SSSR count). The van der Waals surface area contributed by atoms with E-state index in [0.717, 1.165) is 6.42 Å². The van der Waals surface area contributed by atoms with E-state index < -0.39 is 0 Å². The molecule has 1 aromatic rings. The van der Waals surface area contributed by atoms with E-state index in [0.29, 0.717) is 24.4 Å². The van der Waals surface area contributed by atoms with Gasteiger partial charge in [-0.2, -0.15) is 0 Å². The van der Waals surface area contributed by atoms with Crippen LogP contribution < -0.4 is 0 Å². The molecular formula is C15H19NO2. The first kappa shape index (κ1) is 12.8. The van der Waals surface area contributed by atoms with Gasteiger partial charge in [-0.1, -0.05) is 38.1 Å². The second-order valence-electron chi connectivity index (χ2n) is 5.06. The second-order valence-corrected chi connectivity index (χ2v) is 5.06. The van der Waals surface area contributed by atoms with E-state index in [1.165, 1.54) is 5.56 Å². The predicted molar refractivity (Wildman–Crippen MR) is 70.5 cm³/mol. The molecule has 3 heteroatoms. The number of benzene rings is 1. The Morgan fingerprint density at radius 1 is 1.33 bits per heavy atom. The van der Waals surface area contributed by atoms with Crippen molar-refractivity contribution in [1.82, 2.24) is 4.90 Å². The summed E-state index contributed by atoms with van der Waals surface area (Å²) in [7, 11) is 0. The number of nitrogens with zero attached hydrogens (tertiary/aromatic N) is 1. The van der Waals surface area contributed by atoms with Crippen molar-refractivity contribution >= 4 is 11.7 Å². The number of aryl methyl sites for hydroxylation is 1. The average molecular weight is 245 g/mol. The Kier molecular flexibility index (Phi) is 3.80. The molecule has 1 fully saturated rings. The Balaban J connectivity index is 2.01. The molecule has 1 aliphatic heterocycles. The normalized spacial score (nSPS) is 19.3. The van der Waals surface area contributed by atoms with E-state index in [9.17, 15) is 9.59 Å². The standard InChI is InChI=1S/C15H19NO2/c1-3-12-4-6-13(7-5-12)14(17)10-16-9-11(2)8-15(16)18/h4-7,11H,3,8-10H2,1-2H3.